The molecule has 2 aromatic carbocycles. The number of benzene rings is 2. The van der Waals surface area contributed by atoms with E-state index in [1.54, 1.807) is 7.11 Å². The minimum Gasteiger partial charge on any atom is -0.493 e. The van der Waals surface area contributed by atoms with Crippen LogP contribution < -0.4 is 14.8 Å². The van der Waals surface area contributed by atoms with E-state index in [0.29, 0.717) is 6.61 Å². The highest BCUT2D eigenvalue weighted by atomic mass is 79.9. The van der Waals surface area contributed by atoms with Crippen LogP contribution in [0.4, 0.5) is 0 Å². The van der Waals surface area contributed by atoms with E-state index in [2.05, 4.69) is 46.4 Å². The Hall–Kier alpha value is -1.52. The summed E-state index contributed by atoms with van der Waals surface area (Å²) in [6, 6.07) is 14.3. The van der Waals surface area contributed by atoms with Gasteiger partial charge in [-0.1, -0.05) is 85.3 Å². The first-order valence-corrected chi connectivity index (χ1v) is 10.8. The van der Waals surface area contributed by atoms with Crippen molar-refractivity contribution in [1.82, 2.24) is 5.32 Å². The van der Waals surface area contributed by atoms with Crippen LogP contribution in [-0.4, -0.2) is 13.7 Å². The van der Waals surface area contributed by atoms with Crippen molar-refractivity contribution in [3.63, 3.8) is 0 Å². The summed E-state index contributed by atoms with van der Waals surface area (Å²) in [5.41, 5.74) is 2.26. The van der Waals surface area contributed by atoms with Crippen LogP contribution in [0.2, 0.25) is 0 Å². The molecule has 0 fully saturated rings. The lowest BCUT2D eigenvalue weighted by Gasteiger charge is -2.16. The summed E-state index contributed by atoms with van der Waals surface area (Å²) in [7, 11) is 1.69. The molecule has 27 heavy (non-hydrogen) atoms. The molecule has 0 bridgehead atoms. The van der Waals surface area contributed by atoms with Gasteiger partial charge in [0, 0.05) is 16.6 Å². The fraction of sp³-hybridized carbons (Fsp3) is 0.478. The zero-order chi connectivity index (χ0) is 19.3. The topological polar surface area (TPSA) is 30.5 Å². The molecule has 0 spiro atoms. The van der Waals surface area contributed by atoms with E-state index in [1.165, 1.54) is 38.5 Å². The van der Waals surface area contributed by atoms with Crippen molar-refractivity contribution in [3.8, 4) is 11.5 Å². The van der Waals surface area contributed by atoms with Gasteiger partial charge >= 0.3 is 0 Å². The Morgan fingerprint density at radius 2 is 1.70 bits per heavy atom. The quantitative estimate of drug-likeness (QED) is 0.366. The lowest BCUT2D eigenvalue weighted by Crippen LogP contribution is -2.16. The molecule has 0 aliphatic carbocycles. The molecule has 2 rings (SSSR count). The molecular formula is C23H32BrNO2. The zero-order valence-corrected chi connectivity index (χ0v) is 18.2. The number of methoxy groups -OCH3 is 1. The Morgan fingerprint density at radius 1 is 0.963 bits per heavy atom. The third-order valence-corrected chi connectivity index (χ3v) is 5.02. The van der Waals surface area contributed by atoms with Gasteiger partial charge in [0.1, 0.15) is 6.61 Å². The van der Waals surface area contributed by atoms with E-state index in [1.807, 2.05) is 24.3 Å². The van der Waals surface area contributed by atoms with Gasteiger partial charge in [0.2, 0.25) is 0 Å². The first kappa shape index (κ1) is 21.8. The standard InChI is InChI=1S/C23H32BrNO2/c1-3-4-5-6-7-11-14-25-17-20-15-21(24)16-22(26-2)23(20)27-18-19-12-9-8-10-13-19/h8-10,12-13,15-16,25H,3-7,11,14,17-18H2,1-2H3. The van der Waals surface area contributed by atoms with Crippen LogP contribution in [0.1, 0.15) is 56.6 Å². The van der Waals surface area contributed by atoms with Crippen molar-refractivity contribution >= 4 is 15.9 Å². The summed E-state index contributed by atoms with van der Waals surface area (Å²) in [5, 5.41) is 3.55. The Labute approximate surface area is 172 Å². The van der Waals surface area contributed by atoms with Crippen molar-refractivity contribution in [1.29, 1.82) is 0 Å². The van der Waals surface area contributed by atoms with Gasteiger partial charge in [0.05, 0.1) is 7.11 Å². The van der Waals surface area contributed by atoms with Crippen molar-refractivity contribution in [2.45, 2.75) is 58.6 Å². The summed E-state index contributed by atoms with van der Waals surface area (Å²) in [6.07, 6.45) is 7.87. The lowest BCUT2D eigenvalue weighted by molar-refractivity contribution is 0.280. The second kappa shape index (κ2) is 12.8. The van der Waals surface area contributed by atoms with Crippen LogP contribution in [0.25, 0.3) is 0 Å². The monoisotopic (exact) mass is 433 g/mol. The van der Waals surface area contributed by atoms with E-state index in [4.69, 9.17) is 9.47 Å². The Morgan fingerprint density at radius 3 is 2.44 bits per heavy atom. The van der Waals surface area contributed by atoms with Gasteiger partial charge in [-0.15, -0.1) is 0 Å². The molecule has 0 aliphatic rings. The summed E-state index contributed by atoms with van der Waals surface area (Å²) in [6.45, 7) is 4.59. The minimum absolute atomic E-state index is 0.531. The van der Waals surface area contributed by atoms with E-state index < -0.39 is 0 Å². The van der Waals surface area contributed by atoms with Gasteiger partial charge in [-0.25, -0.2) is 0 Å². The second-order valence-electron chi connectivity index (χ2n) is 6.82. The van der Waals surface area contributed by atoms with Crippen LogP contribution in [0, 0.1) is 0 Å². The molecule has 148 valence electrons. The minimum atomic E-state index is 0.531. The molecule has 2 aromatic rings. The molecule has 0 saturated heterocycles. The SMILES string of the molecule is CCCCCCCCNCc1cc(Br)cc(OC)c1OCc1ccccc1. The lowest BCUT2D eigenvalue weighted by atomic mass is 10.1. The smallest absolute Gasteiger partial charge is 0.166 e. The van der Waals surface area contributed by atoms with E-state index in [-0.39, 0.29) is 0 Å². The van der Waals surface area contributed by atoms with Gasteiger partial charge in [-0.2, -0.15) is 0 Å². The van der Waals surface area contributed by atoms with Crippen LogP contribution in [0.5, 0.6) is 11.5 Å². The highest BCUT2D eigenvalue weighted by Gasteiger charge is 2.13. The number of rotatable bonds is 13. The first-order chi connectivity index (χ1) is 13.2. The zero-order valence-electron chi connectivity index (χ0n) is 16.6. The average Bonchev–Trinajstić information content (AvgIpc) is 2.69. The molecule has 0 unspecified atom stereocenters. The Balaban J connectivity index is 1.90. The number of halogens is 1. The number of nitrogens with one attached hydrogen (secondary N) is 1. The number of hydrogen-bond acceptors (Lipinski definition) is 3. The number of ether oxygens (including phenoxy) is 2. The highest BCUT2D eigenvalue weighted by molar-refractivity contribution is 9.10. The van der Waals surface area contributed by atoms with Crippen molar-refractivity contribution < 1.29 is 9.47 Å². The second-order valence-corrected chi connectivity index (χ2v) is 7.73. The maximum atomic E-state index is 6.14. The predicted molar refractivity (Wildman–Crippen MR) is 117 cm³/mol. The molecule has 0 aliphatic heterocycles. The molecule has 1 N–H and O–H groups in total. The van der Waals surface area contributed by atoms with Gasteiger partial charge in [0.15, 0.2) is 11.5 Å². The number of unbranched alkanes of at least 4 members (excludes halogenated alkanes) is 5. The molecule has 0 aromatic heterocycles. The fourth-order valence-electron chi connectivity index (χ4n) is 3.05. The first-order valence-electron chi connectivity index (χ1n) is 9.98. The molecule has 0 amide bonds. The summed E-state index contributed by atoms with van der Waals surface area (Å²) < 4.78 is 12.7. The van der Waals surface area contributed by atoms with Gasteiger partial charge in [-0.05, 0) is 30.7 Å². The molecule has 0 heterocycles. The molecule has 3 nitrogen and oxygen atoms in total. The molecule has 0 atom stereocenters. The van der Waals surface area contributed by atoms with Crippen molar-refractivity contribution in [3.05, 3.63) is 58.1 Å². The van der Waals surface area contributed by atoms with Crippen molar-refractivity contribution in [2.24, 2.45) is 0 Å². The molecule has 0 radical (unpaired) electrons. The summed E-state index contributed by atoms with van der Waals surface area (Å²) >= 11 is 3.58. The van der Waals surface area contributed by atoms with Gasteiger partial charge < -0.3 is 14.8 Å². The van der Waals surface area contributed by atoms with Crippen LogP contribution in [0.3, 0.4) is 0 Å². The maximum Gasteiger partial charge on any atom is 0.166 e. The molecular weight excluding hydrogens is 402 g/mol. The third kappa shape index (κ3) is 7.94. The largest absolute Gasteiger partial charge is 0.493 e. The van der Waals surface area contributed by atoms with E-state index in [9.17, 15) is 0 Å². The third-order valence-electron chi connectivity index (χ3n) is 4.57. The normalized spacial score (nSPS) is 10.8. The van der Waals surface area contributed by atoms with Crippen molar-refractivity contribution in [2.75, 3.05) is 13.7 Å². The molecule has 0 saturated carbocycles. The van der Waals surface area contributed by atoms with E-state index in [0.717, 1.165) is 40.2 Å². The summed E-state index contributed by atoms with van der Waals surface area (Å²) in [4.78, 5) is 0. The highest BCUT2D eigenvalue weighted by Crippen LogP contribution is 2.35. The summed E-state index contributed by atoms with van der Waals surface area (Å²) in [5.74, 6) is 1.58. The Bertz CT molecular complexity index is 661. The number of hydrogen-bond donors (Lipinski definition) is 1. The predicted octanol–water partition coefficient (Wildman–Crippen LogP) is 6.49. The van der Waals surface area contributed by atoms with Gasteiger partial charge in [-0.3, -0.25) is 0 Å². The average molecular weight is 434 g/mol. The van der Waals surface area contributed by atoms with Crippen LogP contribution >= 0.6 is 15.9 Å². The fourth-order valence-corrected chi connectivity index (χ4v) is 3.54. The Kier molecular flexibility index (Phi) is 10.3. The molecule has 4 heteroatoms. The van der Waals surface area contributed by atoms with Crippen LogP contribution in [0.15, 0.2) is 46.9 Å². The van der Waals surface area contributed by atoms with Gasteiger partial charge in [0.25, 0.3) is 0 Å². The maximum absolute atomic E-state index is 6.14. The van der Waals surface area contributed by atoms with E-state index >= 15 is 0 Å². The van der Waals surface area contributed by atoms with Crippen LogP contribution in [-0.2, 0) is 13.2 Å².